The number of nitrogens with zero attached hydrogens (tertiary/aromatic N) is 6. The molecule has 2 saturated heterocycles. The van der Waals surface area contributed by atoms with Gasteiger partial charge in [-0.2, -0.15) is 5.10 Å². The first-order valence-electron chi connectivity index (χ1n) is 20.2. The number of imide groups is 2. The summed E-state index contributed by atoms with van der Waals surface area (Å²) in [4.78, 5) is 72.8. The molecule has 308 valence electrons. The maximum absolute atomic E-state index is 15.1. The molecular formula is C43H40F2N8O6S. The number of benzene rings is 3. The number of halogens is 2. The van der Waals surface area contributed by atoms with Crippen LogP contribution in [0.15, 0.2) is 48.5 Å². The predicted molar refractivity (Wildman–Crippen MR) is 218 cm³/mol. The van der Waals surface area contributed by atoms with E-state index in [1.165, 1.54) is 23.5 Å². The lowest BCUT2D eigenvalue weighted by molar-refractivity contribution is -0.136. The van der Waals surface area contributed by atoms with Crippen molar-refractivity contribution in [2.45, 2.75) is 76.9 Å². The molecule has 5 aliphatic heterocycles. The van der Waals surface area contributed by atoms with Gasteiger partial charge in [0.05, 0.1) is 33.9 Å². The van der Waals surface area contributed by atoms with Gasteiger partial charge in [0.2, 0.25) is 17.7 Å². The molecule has 0 aliphatic carbocycles. The number of thiazole rings is 1. The van der Waals surface area contributed by atoms with Crippen LogP contribution in [0, 0.1) is 0 Å². The van der Waals surface area contributed by atoms with Crippen LogP contribution in [0.3, 0.4) is 0 Å². The number of fused-ring (bicyclic) bond motifs is 4. The topological polar surface area (TPSA) is 159 Å². The molecule has 17 heteroatoms. The number of aromatic nitrogens is 3. The Kier molecular flexibility index (Phi) is 9.46. The standard InChI is InChI=1S/C43H40F2N8O6S/c1-22(54)50-14-10-33-31(21-50)39(49-53(33)26-11-15-59-16-12-26)51-13-2-3-24-17-28(29(38(44)45)20-35(24)51)23-4-8-36-32(18-23)47-43(60-36)46-25-5-6-27-30(19-25)42(58)52(41(27)57)34-7-9-37(55)48-40(34)56/h4-6,8,17-20,26,34,38H,2-3,7,9-16,21H2,1H3,(H,46,47)(H,48,55,56). The highest BCUT2D eigenvalue weighted by molar-refractivity contribution is 7.22. The minimum absolute atomic E-state index is 0.00781. The van der Waals surface area contributed by atoms with Crippen LogP contribution in [0.2, 0.25) is 0 Å². The second kappa shape index (κ2) is 14.9. The van der Waals surface area contributed by atoms with Gasteiger partial charge >= 0.3 is 0 Å². The molecule has 14 nitrogen and oxygen atoms in total. The maximum Gasteiger partial charge on any atom is 0.264 e. The van der Waals surface area contributed by atoms with Crippen molar-refractivity contribution in [3.63, 3.8) is 0 Å². The quantitative estimate of drug-likeness (QED) is 0.172. The van der Waals surface area contributed by atoms with Crippen molar-refractivity contribution < 1.29 is 37.5 Å². The lowest BCUT2D eigenvalue weighted by Gasteiger charge is -2.33. The number of hydrogen-bond donors (Lipinski definition) is 2. The van der Waals surface area contributed by atoms with E-state index in [4.69, 9.17) is 14.8 Å². The SMILES string of the molecule is CC(=O)N1CCc2c(c(N3CCCc4cc(-c5ccc6sc(Nc7ccc8c(c7)C(=O)N(C7CCC(=O)NC7=O)C8=O)nc6c5)c(C(F)F)cc43)nn2C2CCOCC2)C1. The van der Waals surface area contributed by atoms with Crippen molar-refractivity contribution in [2.75, 3.05) is 36.5 Å². The smallest absolute Gasteiger partial charge is 0.264 e. The van der Waals surface area contributed by atoms with Crippen molar-refractivity contribution in [3.05, 3.63) is 82.0 Å². The third kappa shape index (κ3) is 6.50. The molecule has 5 amide bonds. The molecule has 1 unspecified atom stereocenters. The summed E-state index contributed by atoms with van der Waals surface area (Å²) >= 11 is 1.35. The molecule has 0 spiro atoms. The van der Waals surface area contributed by atoms with Gasteiger partial charge in [0, 0.05) is 74.3 Å². The van der Waals surface area contributed by atoms with E-state index in [2.05, 4.69) is 20.2 Å². The summed E-state index contributed by atoms with van der Waals surface area (Å²) in [5.74, 6) is -1.62. The van der Waals surface area contributed by atoms with Crippen molar-refractivity contribution in [3.8, 4) is 11.1 Å². The van der Waals surface area contributed by atoms with Gasteiger partial charge in [-0.15, -0.1) is 0 Å². The van der Waals surface area contributed by atoms with Crippen LogP contribution in [0.4, 0.5) is 31.1 Å². The van der Waals surface area contributed by atoms with Gasteiger partial charge in [-0.25, -0.2) is 13.8 Å². The number of ether oxygens (including phenoxy) is 1. The average Bonchev–Trinajstić information content (AvgIpc) is 3.91. The summed E-state index contributed by atoms with van der Waals surface area (Å²) < 4.78 is 38.9. The fourth-order valence-electron chi connectivity index (χ4n) is 9.27. The fourth-order valence-corrected chi connectivity index (χ4v) is 10.1. The molecule has 5 aromatic rings. The molecule has 2 fully saturated rings. The van der Waals surface area contributed by atoms with Gasteiger partial charge in [0.1, 0.15) is 6.04 Å². The summed E-state index contributed by atoms with van der Waals surface area (Å²) in [6.07, 6.45) is 1.18. The van der Waals surface area contributed by atoms with E-state index < -0.39 is 36.1 Å². The lowest BCUT2D eigenvalue weighted by atomic mass is 9.91. The predicted octanol–water partition coefficient (Wildman–Crippen LogP) is 6.58. The Hall–Kier alpha value is -6.07. The maximum atomic E-state index is 15.1. The van der Waals surface area contributed by atoms with Gasteiger partial charge in [0.25, 0.3) is 18.2 Å². The van der Waals surface area contributed by atoms with E-state index in [9.17, 15) is 24.0 Å². The number of carbonyl (C=O) groups excluding carboxylic acids is 5. The van der Waals surface area contributed by atoms with Crippen molar-refractivity contribution in [1.29, 1.82) is 0 Å². The number of hydrogen-bond acceptors (Lipinski definition) is 11. The molecule has 0 bridgehead atoms. The number of amides is 5. The molecule has 2 aromatic heterocycles. The van der Waals surface area contributed by atoms with Gasteiger partial charge in [-0.05, 0) is 91.3 Å². The van der Waals surface area contributed by atoms with E-state index >= 15 is 8.78 Å². The summed E-state index contributed by atoms with van der Waals surface area (Å²) in [7, 11) is 0. The van der Waals surface area contributed by atoms with Crippen LogP contribution in [0.1, 0.15) is 94.6 Å². The van der Waals surface area contributed by atoms with E-state index in [1.807, 2.05) is 23.1 Å². The number of piperidine rings is 1. The van der Waals surface area contributed by atoms with Crippen molar-refractivity contribution >= 4 is 73.4 Å². The van der Waals surface area contributed by atoms with Crippen molar-refractivity contribution in [2.24, 2.45) is 0 Å². The zero-order valence-electron chi connectivity index (χ0n) is 32.6. The molecule has 5 aliphatic rings. The number of aryl methyl sites for hydroxylation is 1. The molecule has 3 aromatic carbocycles. The summed E-state index contributed by atoms with van der Waals surface area (Å²) in [6, 6.07) is 12.8. The molecule has 0 saturated carbocycles. The molecule has 60 heavy (non-hydrogen) atoms. The molecule has 0 radical (unpaired) electrons. The number of rotatable bonds is 7. The van der Waals surface area contributed by atoms with E-state index in [0.29, 0.717) is 78.8 Å². The average molecular weight is 835 g/mol. The van der Waals surface area contributed by atoms with Gasteiger partial charge < -0.3 is 19.9 Å². The van der Waals surface area contributed by atoms with Crippen LogP contribution in [-0.4, -0.2) is 86.4 Å². The number of nitrogens with one attached hydrogen (secondary N) is 2. The third-order valence-corrected chi connectivity index (χ3v) is 13.2. The van der Waals surface area contributed by atoms with Crippen LogP contribution in [0.25, 0.3) is 21.3 Å². The van der Waals surface area contributed by atoms with Crippen LogP contribution in [0.5, 0.6) is 0 Å². The lowest BCUT2D eigenvalue weighted by Crippen LogP contribution is -2.54. The van der Waals surface area contributed by atoms with Gasteiger partial charge in [-0.1, -0.05) is 17.4 Å². The Balaban J connectivity index is 0.943. The minimum atomic E-state index is -2.76. The van der Waals surface area contributed by atoms with Gasteiger partial charge in [0.15, 0.2) is 10.9 Å². The Morgan fingerprint density at radius 2 is 1.75 bits per heavy atom. The Labute approximate surface area is 346 Å². The Morgan fingerprint density at radius 1 is 0.933 bits per heavy atom. The molecule has 2 N–H and O–H groups in total. The van der Waals surface area contributed by atoms with Gasteiger partial charge in [-0.3, -0.25) is 38.9 Å². The van der Waals surface area contributed by atoms with Crippen LogP contribution >= 0.6 is 11.3 Å². The second-order valence-corrected chi connectivity index (χ2v) is 16.9. The first-order chi connectivity index (χ1) is 29.0. The van der Waals surface area contributed by atoms with Crippen LogP contribution < -0.4 is 15.5 Å². The minimum Gasteiger partial charge on any atom is -0.381 e. The Morgan fingerprint density at radius 3 is 2.53 bits per heavy atom. The molecule has 10 rings (SSSR count). The first kappa shape index (κ1) is 38.2. The monoisotopic (exact) mass is 834 g/mol. The zero-order valence-corrected chi connectivity index (χ0v) is 33.4. The van der Waals surface area contributed by atoms with Crippen LogP contribution in [-0.2, 0) is 38.5 Å². The third-order valence-electron chi connectivity index (χ3n) is 12.3. The number of anilines is 4. The highest BCUT2D eigenvalue weighted by atomic mass is 32.1. The summed E-state index contributed by atoms with van der Waals surface area (Å²) in [5, 5.41) is 11.1. The van der Waals surface area contributed by atoms with E-state index in [-0.39, 0.29) is 41.5 Å². The molecule has 1 atom stereocenters. The van der Waals surface area contributed by atoms with E-state index in [0.717, 1.165) is 51.5 Å². The summed E-state index contributed by atoms with van der Waals surface area (Å²) in [6.45, 7) is 4.52. The second-order valence-electron chi connectivity index (χ2n) is 15.9. The normalized spacial score (nSPS) is 19.5. The fraction of sp³-hybridized carbons (Fsp3) is 0.372. The Bertz CT molecular complexity index is 2650. The summed E-state index contributed by atoms with van der Waals surface area (Å²) in [5.41, 5.74) is 6.04. The highest BCUT2D eigenvalue weighted by Crippen LogP contribution is 2.44. The van der Waals surface area contributed by atoms with Crippen molar-refractivity contribution in [1.82, 2.24) is 29.9 Å². The first-order valence-corrected chi connectivity index (χ1v) is 21.0. The van der Waals surface area contributed by atoms with E-state index in [1.54, 1.807) is 25.1 Å². The number of carbonyl (C=O) groups is 5. The molecule has 7 heterocycles. The largest absolute Gasteiger partial charge is 0.381 e. The zero-order chi connectivity index (χ0) is 41.4. The highest BCUT2D eigenvalue weighted by Gasteiger charge is 2.45. The molecular weight excluding hydrogens is 795 g/mol. The number of alkyl halides is 2.